The number of aliphatic hydroxyl groups excluding tert-OH is 1. The summed E-state index contributed by atoms with van der Waals surface area (Å²) < 4.78 is 12.7. The van der Waals surface area contributed by atoms with Crippen LogP contribution >= 0.6 is 0 Å². The van der Waals surface area contributed by atoms with Gasteiger partial charge in [0.15, 0.2) is 0 Å². The lowest BCUT2D eigenvalue weighted by Crippen LogP contribution is -2.05. The zero-order valence-corrected chi connectivity index (χ0v) is 9.05. The minimum atomic E-state index is -0.780. The van der Waals surface area contributed by atoms with Crippen LogP contribution in [0.25, 0.3) is 0 Å². The van der Waals surface area contributed by atoms with Gasteiger partial charge in [0.05, 0.1) is 18.0 Å². The molecule has 4 nitrogen and oxygen atoms in total. The molecule has 2 aromatic heterocycles. The summed E-state index contributed by atoms with van der Waals surface area (Å²) in [5, 5.41) is 9.91. The second-order valence-corrected chi connectivity index (χ2v) is 3.71. The molecule has 0 saturated carbocycles. The molecule has 0 radical (unpaired) electrons. The van der Waals surface area contributed by atoms with Gasteiger partial charge in [-0.05, 0) is 29.8 Å². The van der Waals surface area contributed by atoms with Gasteiger partial charge >= 0.3 is 0 Å². The van der Waals surface area contributed by atoms with E-state index in [0.29, 0.717) is 17.9 Å². The van der Waals surface area contributed by atoms with Crippen LogP contribution < -0.4 is 5.73 Å². The fourth-order valence-electron chi connectivity index (χ4n) is 1.53. The lowest BCUT2D eigenvalue weighted by molar-refractivity contribution is 0.173. The molecule has 2 heterocycles. The first kappa shape index (κ1) is 11.5. The number of hydrogen-bond donors (Lipinski definition) is 2. The molecule has 17 heavy (non-hydrogen) atoms. The molecule has 3 N–H and O–H groups in total. The Hall–Kier alpha value is -2.01. The van der Waals surface area contributed by atoms with Crippen molar-refractivity contribution in [3.05, 3.63) is 53.7 Å². The summed E-state index contributed by atoms with van der Waals surface area (Å²) in [6.07, 6.45) is 2.25. The van der Waals surface area contributed by atoms with Crippen molar-refractivity contribution in [3.8, 4) is 0 Å². The molecule has 0 aromatic carbocycles. The van der Waals surface area contributed by atoms with E-state index in [-0.39, 0.29) is 0 Å². The summed E-state index contributed by atoms with van der Waals surface area (Å²) in [6.45, 7) is 0. The zero-order valence-electron chi connectivity index (χ0n) is 9.05. The Morgan fingerprint density at radius 3 is 2.76 bits per heavy atom. The molecule has 0 bridgehead atoms. The summed E-state index contributed by atoms with van der Waals surface area (Å²) in [6, 6.07) is 6.19. The van der Waals surface area contributed by atoms with Crippen LogP contribution in [0, 0.1) is 5.82 Å². The Morgan fingerprint density at radius 1 is 1.29 bits per heavy atom. The van der Waals surface area contributed by atoms with Crippen molar-refractivity contribution in [2.24, 2.45) is 0 Å². The van der Waals surface area contributed by atoms with E-state index in [4.69, 9.17) is 5.73 Å². The van der Waals surface area contributed by atoms with Gasteiger partial charge in [0.2, 0.25) is 0 Å². The number of pyridine rings is 2. The van der Waals surface area contributed by atoms with E-state index in [2.05, 4.69) is 9.97 Å². The van der Waals surface area contributed by atoms with Gasteiger partial charge in [0.25, 0.3) is 0 Å². The van der Waals surface area contributed by atoms with Crippen LogP contribution in [0.1, 0.15) is 17.4 Å². The minimum absolute atomic E-state index is 0.366. The molecule has 0 spiro atoms. The lowest BCUT2D eigenvalue weighted by Gasteiger charge is -2.10. The van der Waals surface area contributed by atoms with Crippen LogP contribution in [0.4, 0.5) is 10.2 Å². The summed E-state index contributed by atoms with van der Waals surface area (Å²) in [4.78, 5) is 7.69. The smallest absolute Gasteiger partial charge is 0.141 e. The Morgan fingerprint density at radius 2 is 2.12 bits per heavy atom. The van der Waals surface area contributed by atoms with E-state index >= 15 is 0 Å². The summed E-state index contributed by atoms with van der Waals surface area (Å²) in [7, 11) is 0. The van der Waals surface area contributed by atoms with Gasteiger partial charge in [-0.1, -0.05) is 0 Å². The number of nitrogens with two attached hydrogens (primary N) is 1. The number of halogens is 1. The van der Waals surface area contributed by atoms with E-state index in [0.717, 1.165) is 11.8 Å². The normalized spacial score (nSPS) is 12.4. The Bertz CT molecular complexity index is 501. The molecular formula is C12H12FN3O. The molecule has 1 atom stereocenters. The van der Waals surface area contributed by atoms with Crippen molar-refractivity contribution in [1.29, 1.82) is 0 Å². The molecule has 2 rings (SSSR count). The van der Waals surface area contributed by atoms with E-state index in [9.17, 15) is 9.50 Å². The maximum atomic E-state index is 12.7. The average Bonchev–Trinajstić information content (AvgIpc) is 2.29. The third kappa shape index (κ3) is 2.98. The van der Waals surface area contributed by atoms with Crippen LogP contribution in [-0.4, -0.2) is 15.1 Å². The SMILES string of the molecule is Nc1cc(CC(O)c2ccc(F)cn2)ccn1. The highest BCUT2D eigenvalue weighted by atomic mass is 19.1. The van der Waals surface area contributed by atoms with Gasteiger partial charge in [-0.15, -0.1) is 0 Å². The Kier molecular flexibility index (Phi) is 3.30. The molecule has 0 amide bonds. The summed E-state index contributed by atoms with van der Waals surface area (Å²) in [5.41, 5.74) is 6.82. The van der Waals surface area contributed by atoms with Crippen LogP contribution in [0.2, 0.25) is 0 Å². The Balaban J connectivity index is 2.11. The molecule has 5 heteroatoms. The predicted molar refractivity (Wildman–Crippen MR) is 61.5 cm³/mol. The van der Waals surface area contributed by atoms with Gasteiger partial charge < -0.3 is 10.8 Å². The third-order valence-corrected chi connectivity index (χ3v) is 2.37. The largest absolute Gasteiger partial charge is 0.386 e. The van der Waals surface area contributed by atoms with Crippen LogP contribution in [0.3, 0.4) is 0 Å². The van der Waals surface area contributed by atoms with Crippen molar-refractivity contribution in [2.45, 2.75) is 12.5 Å². The van der Waals surface area contributed by atoms with Crippen molar-refractivity contribution in [1.82, 2.24) is 9.97 Å². The maximum Gasteiger partial charge on any atom is 0.141 e. The molecule has 0 saturated heterocycles. The quantitative estimate of drug-likeness (QED) is 0.842. The number of anilines is 1. The highest BCUT2D eigenvalue weighted by molar-refractivity contribution is 5.32. The monoisotopic (exact) mass is 233 g/mol. The van der Waals surface area contributed by atoms with E-state index in [1.54, 1.807) is 18.3 Å². The standard InChI is InChI=1S/C12H12FN3O/c13-9-1-2-10(16-7-9)11(17)5-8-3-4-15-12(14)6-8/h1-4,6-7,11,17H,5H2,(H2,14,15). The summed E-state index contributed by atoms with van der Waals surface area (Å²) in [5.74, 6) is -0.0177. The number of aliphatic hydroxyl groups is 1. The fraction of sp³-hybridized carbons (Fsp3) is 0.167. The number of rotatable bonds is 3. The average molecular weight is 233 g/mol. The molecule has 2 aromatic rings. The number of aromatic nitrogens is 2. The van der Waals surface area contributed by atoms with Crippen molar-refractivity contribution < 1.29 is 9.50 Å². The maximum absolute atomic E-state index is 12.7. The number of nitrogen functional groups attached to an aromatic ring is 1. The fourth-order valence-corrected chi connectivity index (χ4v) is 1.53. The first-order chi connectivity index (χ1) is 8.15. The highest BCUT2D eigenvalue weighted by Gasteiger charge is 2.10. The van der Waals surface area contributed by atoms with Crippen LogP contribution in [-0.2, 0) is 6.42 Å². The Labute approximate surface area is 98.0 Å². The summed E-state index contributed by atoms with van der Waals surface area (Å²) >= 11 is 0. The topological polar surface area (TPSA) is 72.0 Å². The van der Waals surface area contributed by atoms with E-state index in [1.807, 2.05) is 0 Å². The second kappa shape index (κ2) is 4.88. The minimum Gasteiger partial charge on any atom is -0.386 e. The van der Waals surface area contributed by atoms with Crippen molar-refractivity contribution >= 4 is 5.82 Å². The van der Waals surface area contributed by atoms with Gasteiger partial charge in [0, 0.05) is 12.6 Å². The molecule has 0 fully saturated rings. The molecule has 0 aliphatic rings. The van der Waals surface area contributed by atoms with Gasteiger partial charge in [-0.2, -0.15) is 0 Å². The zero-order chi connectivity index (χ0) is 12.3. The predicted octanol–water partition coefficient (Wildman–Crippen LogP) is 1.47. The van der Waals surface area contributed by atoms with Crippen molar-refractivity contribution in [3.63, 3.8) is 0 Å². The number of hydrogen-bond acceptors (Lipinski definition) is 4. The van der Waals surface area contributed by atoms with Crippen LogP contribution in [0.5, 0.6) is 0 Å². The van der Waals surface area contributed by atoms with Gasteiger partial charge in [-0.3, -0.25) is 4.98 Å². The third-order valence-electron chi connectivity index (χ3n) is 2.37. The molecule has 1 unspecified atom stereocenters. The second-order valence-electron chi connectivity index (χ2n) is 3.71. The van der Waals surface area contributed by atoms with E-state index in [1.165, 1.54) is 12.1 Å². The van der Waals surface area contributed by atoms with Gasteiger partial charge in [-0.25, -0.2) is 9.37 Å². The first-order valence-electron chi connectivity index (χ1n) is 5.15. The lowest BCUT2D eigenvalue weighted by atomic mass is 10.1. The first-order valence-corrected chi connectivity index (χ1v) is 5.15. The van der Waals surface area contributed by atoms with Crippen molar-refractivity contribution in [2.75, 3.05) is 5.73 Å². The molecular weight excluding hydrogens is 221 g/mol. The number of nitrogens with zero attached hydrogens (tertiary/aromatic N) is 2. The highest BCUT2D eigenvalue weighted by Crippen LogP contribution is 2.17. The molecule has 0 aliphatic heterocycles. The van der Waals surface area contributed by atoms with Crippen LogP contribution in [0.15, 0.2) is 36.7 Å². The van der Waals surface area contributed by atoms with Gasteiger partial charge in [0.1, 0.15) is 11.6 Å². The molecule has 88 valence electrons. The molecule has 0 aliphatic carbocycles. The van der Waals surface area contributed by atoms with E-state index < -0.39 is 11.9 Å².